The number of piperidine rings is 1. The predicted molar refractivity (Wildman–Crippen MR) is 102 cm³/mol. The van der Waals surface area contributed by atoms with E-state index in [1.165, 1.54) is 6.42 Å². The molecule has 0 bridgehead atoms. The monoisotopic (exact) mass is 367 g/mol. The third kappa shape index (κ3) is 7.53. The van der Waals surface area contributed by atoms with Crippen molar-refractivity contribution in [2.24, 2.45) is 5.92 Å². The molecule has 0 unspecified atom stereocenters. The number of para-hydroxylation sites is 1. The van der Waals surface area contributed by atoms with E-state index in [-0.39, 0.29) is 11.6 Å². The van der Waals surface area contributed by atoms with Crippen LogP contribution < -0.4 is 15.4 Å². The van der Waals surface area contributed by atoms with E-state index < -0.39 is 0 Å². The number of carbonyl (C=O) groups is 1. The average molecular weight is 368 g/mol. The first kappa shape index (κ1) is 19.9. The molecular formula is C19H30ClN3O2. The van der Waals surface area contributed by atoms with E-state index in [2.05, 4.69) is 15.5 Å². The summed E-state index contributed by atoms with van der Waals surface area (Å²) in [6.07, 6.45) is 2.32. The van der Waals surface area contributed by atoms with Crippen LogP contribution in [0, 0.1) is 5.92 Å². The Bertz CT molecular complexity index is 560. The van der Waals surface area contributed by atoms with Gasteiger partial charge in [-0.3, -0.25) is 0 Å². The van der Waals surface area contributed by atoms with Crippen molar-refractivity contribution in [2.75, 3.05) is 32.8 Å². The topological polar surface area (TPSA) is 53.6 Å². The zero-order valence-electron chi connectivity index (χ0n) is 15.5. The average Bonchev–Trinajstić information content (AvgIpc) is 2.53. The summed E-state index contributed by atoms with van der Waals surface area (Å²) < 4.78 is 5.88. The van der Waals surface area contributed by atoms with Gasteiger partial charge < -0.3 is 20.3 Å². The summed E-state index contributed by atoms with van der Waals surface area (Å²) in [6.45, 7) is 10.2. The third-order valence-electron chi connectivity index (χ3n) is 4.12. The van der Waals surface area contributed by atoms with Crippen molar-refractivity contribution in [3.63, 3.8) is 0 Å². The fraction of sp³-hybridized carbons (Fsp3) is 0.632. The number of hydrogen-bond donors (Lipinski definition) is 2. The number of likely N-dealkylation sites (tertiary alicyclic amines) is 1. The van der Waals surface area contributed by atoms with Crippen LogP contribution in [0.2, 0.25) is 5.02 Å². The Morgan fingerprint density at radius 3 is 2.84 bits per heavy atom. The number of ether oxygens (including phenoxy) is 1. The van der Waals surface area contributed by atoms with Gasteiger partial charge in [-0.25, -0.2) is 4.79 Å². The van der Waals surface area contributed by atoms with Gasteiger partial charge in [0.25, 0.3) is 0 Å². The fourth-order valence-electron chi connectivity index (χ4n) is 2.97. The van der Waals surface area contributed by atoms with Gasteiger partial charge in [-0.05, 0) is 52.3 Å². The fourth-order valence-corrected chi connectivity index (χ4v) is 3.16. The lowest BCUT2D eigenvalue weighted by Gasteiger charge is -2.32. The predicted octanol–water partition coefficient (Wildman–Crippen LogP) is 3.53. The number of urea groups is 1. The molecule has 2 amide bonds. The Kier molecular flexibility index (Phi) is 7.38. The lowest BCUT2D eigenvalue weighted by molar-refractivity contribution is 0.131. The molecule has 5 nitrogen and oxygen atoms in total. The van der Waals surface area contributed by atoms with Crippen LogP contribution in [0.4, 0.5) is 4.79 Å². The number of halogens is 1. The van der Waals surface area contributed by atoms with Gasteiger partial charge in [0, 0.05) is 31.1 Å². The molecule has 0 aromatic heterocycles. The SMILES string of the molecule is CC(C)(C)NC(=O)NCCN1CCC[C@H](COc2ccccc2Cl)C1. The van der Waals surface area contributed by atoms with Crippen LogP contribution in [0.3, 0.4) is 0 Å². The maximum Gasteiger partial charge on any atom is 0.315 e. The molecule has 1 aromatic rings. The highest BCUT2D eigenvalue weighted by atomic mass is 35.5. The van der Waals surface area contributed by atoms with Gasteiger partial charge in [0.1, 0.15) is 5.75 Å². The zero-order chi connectivity index (χ0) is 18.3. The molecule has 1 aliphatic heterocycles. The van der Waals surface area contributed by atoms with Gasteiger partial charge in [0.05, 0.1) is 11.6 Å². The van der Waals surface area contributed by atoms with Crippen molar-refractivity contribution in [1.29, 1.82) is 0 Å². The Labute approximate surface area is 156 Å². The second kappa shape index (κ2) is 9.30. The molecule has 2 rings (SSSR count). The highest BCUT2D eigenvalue weighted by Gasteiger charge is 2.21. The van der Waals surface area contributed by atoms with Crippen LogP contribution in [0.25, 0.3) is 0 Å². The molecule has 0 saturated carbocycles. The molecule has 6 heteroatoms. The van der Waals surface area contributed by atoms with Gasteiger partial charge in [-0.2, -0.15) is 0 Å². The van der Waals surface area contributed by atoms with Gasteiger partial charge >= 0.3 is 6.03 Å². The third-order valence-corrected chi connectivity index (χ3v) is 4.43. The summed E-state index contributed by atoms with van der Waals surface area (Å²) in [5.74, 6) is 1.25. The number of hydrogen-bond acceptors (Lipinski definition) is 3. The van der Waals surface area contributed by atoms with Crippen molar-refractivity contribution in [1.82, 2.24) is 15.5 Å². The summed E-state index contributed by atoms with van der Waals surface area (Å²) in [4.78, 5) is 14.2. The Morgan fingerprint density at radius 1 is 1.36 bits per heavy atom. The normalized spacial score (nSPS) is 18.6. The first-order chi connectivity index (χ1) is 11.8. The van der Waals surface area contributed by atoms with Crippen molar-refractivity contribution in [3.05, 3.63) is 29.3 Å². The van der Waals surface area contributed by atoms with E-state index in [9.17, 15) is 4.79 Å². The number of amides is 2. The van der Waals surface area contributed by atoms with Gasteiger partial charge in [-0.1, -0.05) is 23.7 Å². The van der Waals surface area contributed by atoms with Crippen LogP contribution in [0.15, 0.2) is 24.3 Å². The van der Waals surface area contributed by atoms with E-state index in [4.69, 9.17) is 16.3 Å². The van der Waals surface area contributed by atoms with Gasteiger partial charge in [-0.15, -0.1) is 0 Å². The van der Waals surface area contributed by atoms with Crippen LogP contribution in [-0.4, -0.2) is 49.3 Å². The molecule has 1 aromatic carbocycles. The minimum Gasteiger partial charge on any atom is -0.492 e. The molecule has 1 saturated heterocycles. The second-order valence-corrected chi connectivity index (χ2v) is 8.09. The number of benzene rings is 1. The minimum absolute atomic E-state index is 0.108. The Morgan fingerprint density at radius 2 is 2.12 bits per heavy atom. The van der Waals surface area contributed by atoms with Crippen molar-refractivity contribution < 1.29 is 9.53 Å². The summed E-state index contributed by atoms with van der Waals surface area (Å²) in [7, 11) is 0. The quantitative estimate of drug-likeness (QED) is 0.808. The number of nitrogens with one attached hydrogen (secondary N) is 2. The Hall–Kier alpha value is -1.46. The summed E-state index contributed by atoms with van der Waals surface area (Å²) >= 11 is 6.13. The maximum absolute atomic E-state index is 11.8. The van der Waals surface area contributed by atoms with E-state index in [1.807, 2.05) is 45.0 Å². The minimum atomic E-state index is -0.212. The smallest absolute Gasteiger partial charge is 0.315 e. The first-order valence-electron chi connectivity index (χ1n) is 8.99. The van der Waals surface area contributed by atoms with Gasteiger partial charge in [0.2, 0.25) is 0 Å². The van der Waals surface area contributed by atoms with E-state index in [0.717, 1.165) is 31.8 Å². The number of carbonyl (C=O) groups excluding carboxylic acids is 1. The molecule has 0 radical (unpaired) electrons. The lowest BCUT2D eigenvalue weighted by atomic mass is 9.99. The summed E-state index contributed by atoms with van der Waals surface area (Å²) in [6, 6.07) is 7.48. The largest absolute Gasteiger partial charge is 0.492 e. The number of rotatable bonds is 6. The van der Waals surface area contributed by atoms with Crippen LogP contribution in [0.1, 0.15) is 33.6 Å². The van der Waals surface area contributed by atoms with Crippen LogP contribution in [-0.2, 0) is 0 Å². The van der Waals surface area contributed by atoms with Crippen LogP contribution in [0.5, 0.6) is 5.75 Å². The molecule has 1 atom stereocenters. The van der Waals surface area contributed by atoms with E-state index in [0.29, 0.717) is 24.1 Å². The molecule has 25 heavy (non-hydrogen) atoms. The van der Waals surface area contributed by atoms with Crippen molar-refractivity contribution >= 4 is 17.6 Å². The van der Waals surface area contributed by atoms with Gasteiger partial charge in [0.15, 0.2) is 0 Å². The molecular weight excluding hydrogens is 338 g/mol. The molecule has 2 N–H and O–H groups in total. The molecule has 0 aliphatic carbocycles. The maximum atomic E-state index is 11.8. The highest BCUT2D eigenvalue weighted by Crippen LogP contribution is 2.25. The highest BCUT2D eigenvalue weighted by molar-refractivity contribution is 6.32. The van der Waals surface area contributed by atoms with Crippen molar-refractivity contribution in [3.8, 4) is 5.75 Å². The molecule has 0 spiro atoms. The first-order valence-corrected chi connectivity index (χ1v) is 9.37. The molecule has 140 valence electrons. The lowest BCUT2D eigenvalue weighted by Crippen LogP contribution is -2.48. The standard InChI is InChI=1S/C19H30ClN3O2/c1-19(2,3)22-18(24)21-10-12-23-11-6-7-15(13-23)14-25-17-9-5-4-8-16(17)20/h4-5,8-9,15H,6-7,10-14H2,1-3H3,(H2,21,22,24)/t15-/m0/s1. The van der Waals surface area contributed by atoms with E-state index in [1.54, 1.807) is 0 Å². The second-order valence-electron chi connectivity index (χ2n) is 7.68. The zero-order valence-corrected chi connectivity index (χ0v) is 16.2. The van der Waals surface area contributed by atoms with Crippen LogP contribution >= 0.6 is 11.6 Å². The Balaban J connectivity index is 1.68. The molecule has 1 fully saturated rings. The number of nitrogens with zero attached hydrogens (tertiary/aromatic N) is 1. The summed E-state index contributed by atoms with van der Waals surface area (Å²) in [5.41, 5.74) is -0.212. The van der Waals surface area contributed by atoms with E-state index >= 15 is 0 Å². The summed E-state index contributed by atoms with van der Waals surface area (Å²) in [5, 5.41) is 6.49. The van der Waals surface area contributed by atoms with Crippen molar-refractivity contribution in [2.45, 2.75) is 39.2 Å². The molecule has 1 aliphatic rings. The molecule has 1 heterocycles.